The molecule has 0 saturated carbocycles. The van der Waals surface area contributed by atoms with Gasteiger partial charge in [-0.1, -0.05) is 18.2 Å². The monoisotopic (exact) mass is 287 g/mol. The van der Waals surface area contributed by atoms with E-state index in [1.165, 1.54) is 16.2 Å². The van der Waals surface area contributed by atoms with Gasteiger partial charge in [0.05, 0.1) is 5.69 Å². The van der Waals surface area contributed by atoms with Crippen LogP contribution in [-0.2, 0) is 11.3 Å². The predicted molar refractivity (Wildman–Crippen MR) is 77.4 cm³/mol. The van der Waals surface area contributed by atoms with E-state index in [2.05, 4.69) is 5.32 Å². The van der Waals surface area contributed by atoms with E-state index in [1.54, 1.807) is 18.2 Å². The molecule has 3 amide bonds. The van der Waals surface area contributed by atoms with E-state index in [9.17, 15) is 9.59 Å². The van der Waals surface area contributed by atoms with Crippen molar-refractivity contribution < 1.29 is 9.59 Å². The van der Waals surface area contributed by atoms with Crippen LogP contribution in [0.3, 0.4) is 0 Å². The van der Waals surface area contributed by atoms with Crippen molar-refractivity contribution in [3.63, 3.8) is 0 Å². The average Bonchev–Trinajstić information content (AvgIpc) is 3.07. The molecular weight excluding hydrogens is 274 g/mol. The van der Waals surface area contributed by atoms with E-state index in [0.717, 1.165) is 10.4 Å². The van der Waals surface area contributed by atoms with Crippen molar-refractivity contribution in [2.75, 3.05) is 4.90 Å². The molecule has 2 aromatic rings. The summed E-state index contributed by atoms with van der Waals surface area (Å²) in [5, 5.41) is 4.59. The van der Waals surface area contributed by atoms with Crippen LogP contribution in [0.5, 0.6) is 0 Å². The van der Waals surface area contributed by atoms with Crippen molar-refractivity contribution in [3.8, 4) is 0 Å². The fraction of sp³-hybridized carbons (Fsp3) is 0.143. The topological polar surface area (TPSA) is 75.4 Å². The summed E-state index contributed by atoms with van der Waals surface area (Å²) in [4.78, 5) is 26.5. The molecule has 1 aromatic heterocycles. The second kappa shape index (κ2) is 5.07. The summed E-state index contributed by atoms with van der Waals surface area (Å²) in [7, 11) is 0. The lowest BCUT2D eigenvalue weighted by molar-refractivity contribution is -0.118. The molecule has 0 bridgehead atoms. The molecule has 0 aliphatic carbocycles. The van der Waals surface area contributed by atoms with Crippen molar-refractivity contribution in [1.29, 1.82) is 0 Å². The van der Waals surface area contributed by atoms with E-state index >= 15 is 0 Å². The van der Waals surface area contributed by atoms with Crippen LogP contribution in [0.15, 0.2) is 41.8 Å². The Hall–Kier alpha value is -2.18. The summed E-state index contributed by atoms with van der Waals surface area (Å²) in [5.41, 5.74) is 7.02. The van der Waals surface area contributed by atoms with Crippen molar-refractivity contribution in [3.05, 3.63) is 52.2 Å². The van der Waals surface area contributed by atoms with E-state index in [1.807, 2.05) is 23.6 Å². The lowest BCUT2D eigenvalue weighted by Crippen LogP contribution is -2.30. The van der Waals surface area contributed by atoms with Crippen LogP contribution in [0.25, 0.3) is 0 Å². The lowest BCUT2D eigenvalue weighted by atomic mass is 10.2. The number of imide groups is 1. The zero-order valence-corrected chi connectivity index (χ0v) is 11.4. The SMILES string of the molecule is NCc1cccc(N2C(=O)NC(c3cccs3)C2=O)c1. The average molecular weight is 287 g/mol. The summed E-state index contributed by atoms with van der Waals surface area (Å²) in [6.45, 7) is 0.367. The number of hydrogen-bond donors (Lipinski definition) is 2. The highest BCUT2D eigenvalue weighted by Gasteiger charge is 2.40. The van der Waals surface area contributed by atoms with Gasteiger partial charge in [-0.3, -0.25) is 4.79 Å². The normalized spacial score (nSPS) is 18.4. The third kappa shape index (κ3) is 2.09. The molecule has 20 heavy (non-hydrogen) atoms. The maximum Gasteiger partial charge on any atom is 0.329 e. The van der Waals surface area contributed by atoms with Crippen LogP contribution in [0, 0.1) is 0 Å². The molecule has 0 radical (unpaired) electrons. The maximum absolute atomic E-state index is 12.4. The molecular formula is C14H13N3O2S. The van der Waals surface area contributed by atoms with Crippen LogP contribution in [0.1, 0.15) is 16.5 Å². The molecule has 102 valence electrons. The van der Waals surface area contributed by atoms with Gasteiger partial charge in [-0.05, 0) is 29.1 Å². The number of anilines is 1. The predicted octanol–water partition coefficient (Wildman–Crippen LogP) is 2.00. The molecule has 1 aromatic carbocycles. The number of hydrogen-bond acceptors (Lipinski definition) is 4. The second-order valence-electron chi connectivity index (χ2n) is 4.45. The summed E-state index contributed by atoms with van der Waals surface area (Å²) >= 11 is 1.45. The van der Waals surface area contributed by atoms with Gasteiger partial charge in [0.1, 0.15) is 6.04 Å². The van der Waals surface area contributed by atoms with E-state index in [-0.39, 0.29) is 5.91 Å². The molecule has 6 heteroatoms. The zero-order valence-electron chi connectivity index (χ0n) is 10.6. The van der Waals surface area contributed by atoms with Gasteiger partial charge in [-0.15, -0.1) is 11.3 Å². The number of nitrogens with two attached hydrogens (primary N) is 1. The Kier molecular flexibility index (Phi) is 3.25. The second-order valence-corrected chi connectivity index (χ2v) is 5.42. The quantitative estimate of drug-likeness (QED) is 0.848. The Morgan fingerprint density at radius 1 is 1.25 bits per heavy atom. The third-order valence-corrected chi connectivity index (χ3v) is 4.11. The number of urea groups is 1. The minimum absolute atomic E-state index is 0.258. The first-order valence-electron chi connectivity index (χ1n) is 6.17. The fourth-order valence-corrected chi connectivity index (χ4v) is 2.96. The zero-order chi connectivity index (χ0) is 14.1. The molecule has 1 unspecified atom stereocenters. The van der Waals surface area contributed by atoms with Crippen LogP contribution < -0.4 is 16.0 Å². The maximum atomic E-state index is 12.4. The van der Waals surface area contributed by atoms with Crippen LogP contribution >= 0.6 is 11.3 Å². The van der Waals surface area contributed by atoms with E-state index < -0.39 is 12.1 Å². The number of carbonyl (C=O) groups excluding carboxylic acids is 2. The van der Waals surface area contributed by atoms with Crippen LogP contribution in [0.4, 0.5) is 10.5 Å². The Bertz CT molecular complexity index is 654. The Labute approximate surface area is 120 Å². The molecule has 1 saturated heterocycles. The number of amides is 3. The first-order chi connectivity index (χ1) is 9.70. The number of rotatable bonds is 3. The van der Waals surface area contributed by atoms with Gasteiger partial charge in [0.2, 0.25) is 0 Å². The highest BCUT2D eigenvalue weighted by molar-refractivity contribution is 7.10. The highest BCUT2D eigenvalue weighted by Crippen LogP contribution is 2.29. The first-order valence-corrected chi connectivity index (χ1v) is 7.05. The molecule has 3 rings (SSSR count). The molecule has 1 fully saturated rings. The van der Waals surface area contributed by atoms with Crippen molar-refractivity contribution in [2.45, 2.75) is 12.6 Å². The van der Waals surface area contributed by atoms with Crippen LogP contribution in [0.2, 0.25) is 0 Å². The molecule has 0 spiro atoms. The standard InChI is InChI=1S/C14H13N3O2S/c15-8-9-3-1-4-10(7-9)17-13(18)12(16-14(17)19)11-5-2-6-20-11/h1-7,12H,8,15H2,(H,16,19). The fourth-order valence-electron chi connectivity index (χ4n) is 2.19. The number of carbonyl (C=O) groups is 2. The molecule has 1 aliphatic heterocycles. The van der Waals surface area contributed by atoms with Gasteiger partial charge in [0.15, 0.2) is 0 Å². The van der Waals surface area contributed by atoms with Crippen LogP contribution in [-0.4, -0.2) is 11.9 Å². The Morgan fingerprint density at radius 3 is 2.80 bits per heavy atom. The largest absolute Gasteiger partial charge is 0.329 e. The Morgan fingerprint density at radius 2 is 2.10 bits per heavy atom. The lowest BCUT2D eigenvalue weighted by Gasteiger charge is -2.13. The molecule has 2 heterocycles. The summed E-state index contributed by atoms with van der Waals surface area (Å²) < 4.78 is 0. The molecule has 1 aliphatic rings. The highest BCUT2D eigenvalue weighted by atomic mass is 32.1. The molecule has 3 N–H and O–H groups in total. The summed E-state index contributed by atoms with van der Waals surface area (Å²) in [6.07, 6.45) is 0. The van der Waals surface area contributed by atoms with Gasteiger partial charge < -0.3 is 11.1 Å². The molecule has 5 nitrogen and oxygen atoms in total. The number of nitrogens with one attached hydrogen (secondary N) is 1. The van der Waals surface area contributed by atoms with Crippen molar-refractivity contribution in [2.24, 2.45) is 5.73 Å². The smallest absolute Gasteiger partial charge is 0.326 e. The van der Waals surface area contributed by atoms with E-state index in [4.69, 9.17) is 5.73 Å². The van der Waals surface area contributed by atoms with Crippen molar-refractivity contribution in [1.82, 2.24) is 5.32 Å². The Balaban J connectivity index is 1.94. The summed E-state index contributed by atoms with van der Waals surface area (Å²) in [6, 6.07) is 9.84. The minimum Gasteiger partial charge on any atom is -0.326 e. The number of nitrogens with zero attached hydrogens (tertiary/aromatic N) is 1. The van der Waals surface area contributed by atoms with E-state index in [0.29, 0.717) is 12.2 Å². The van der Waals surface area contributed by atoms with Crippen molar-refractivity contribution >= 4 is 29.0 Å². The first kappa shape index (κ1) is 12.8. The van der Waals surface area contributed by atoms with Gasteiger partial charge in [0, 0.05) is 11.4 Å². The number of benzene rings is 1. The third-order valence-electron chi connectivity index (χ3n) is 3.17. The van der Waals surface area contributed by atoms with Gasteiger partial charge in [-0.25, -0.2) is 9.69 Å². The molecule has 1 atom stereocenters. The van der Waals surface area contributed by atoms with Gasteiger partial charge >= 0.3 is 6.03 Å². The summed E-state index contributed by atoms with van der Waals surface area (Å²) in [5.74, 6) is -0.258. The van der Waals surface area contributed by atoms with Gasteiger partial charge in [-0.2, -0.15) is 0 Å². The number of thiophene rings is 1. The van der Waals surface area contributed by atoms with Gasteiger partial charge in [0.25, 0.3) is 5.91 Å². The minimum atomic E-state index is -0.593.